The number of benzene rings is 2. The second-order valence-electron chi connectivity index (χ2n) is 9.89. The van der Waals surface area contributed by atoms with Crippen LogP contribution in [0.25, 0.3) is 0 Å². The molecule has 0 unspecified atom stereocenters. The van der Waals surface area contributed by atoms with Gasteiger partial charge in [-0.2, -0.15) is 0 Å². The number of rotatable bonds is 4. The molecule has 192 valence electrons. The van der Waals surface area contributed by atoms with Gasteiger partial charge in [0, 0.05) is 50.3 Å². The van der Waals surface area contributed by atoms with Gasteiger partial charge in [-0.05, 0) is 50.1 Å². The van der Waals surface area contributed by atoms with E-state index in [9.17, 15) is 14.4 Å². The summed E-state index contributed by atoms with van der Waals surface area (Å²) in [4.78, 5) is 42.8. The van der Waals surface area contributed by atoms with Crippen LogP contribution in [0.4, 0.5) is 5.69 Å². The third kappa shape index (κ3) is 5.87. The van der Waals surface area contributed by atoms with Gasteiger partial charge in [0.1, 0.15) is 12.4 Å². The molecule has 0 spiro atoms. The van der Waals surface area contributed by atoms with E-state index in [1.165, 1.54) is 0 Å². The number of hydrogen-bond donors (Lipinski definition) is 1. The molecule has 2 aromatic carbocycles. The predicted molar refractivity (Wildman–Crippen MR) is 137 cm³/mol. The Hall–Kier alpha value is -3.39. The lowest BCUT2D eigenvalue weighted by Gasteiger charge is -2.36. The summed E-state index contributed by atoms with van der Waals surface area (Å²) < 4.78 is 11.9. The molecule has 36 heavy (non-hydrogen) atoms. The number of nitrogens with one attached hydrogen (secondary N) is 1. The molecule has 1 saturated carbocycles. The van der Waals surface area contributed by atoms with Crippen molar-refractivity contribution in [3.63, 3.8) is 0 Å². The molecule has 8 nitrogen and oxygen atoms in total. The SMILES string of the molecule is CO[C@H]1CN(C)C(=O)c2cc(NC(=O)c3ccccc3)ccc2OC[C@H](C)N(C(=O)C2CC2)C[C@H]1C. The smallest absolute Gasteiger partial charge is 0.257 e. The Kier molecular flexibility index (Phi) is 7.94. The number of fused-ring (bicyclic) bond motifs is 1. The van der Waals surface area contributed by atoms with Crippen LogP contribution in [0, 0.1) is 11.8 Å². The van der Waals surface area contributed by atoms with Gasteiger partial charge in [-0.15, -0.1) is 0 Å². The van der Waals surface area contributed by atoms with Crippen LogP contribution in [-0.4, -0.2) is 73.5 Å². The Bertz CT molecular complexity index is 1100. The first kappa shape index (κ1) is 25.7. The van der Waals surface area contributed by atoms with Crippen LogP contribution < -0.4 is 10.1 Å². The summed E-state index contributed by atoms with van der Waals surface area (Å²) in [6.07, 6.45) is 1.62. The van der Waals surface area contributed by atoms with Crippen molar-refractivity contribution in [2.45, 2.75) is 38.8 Å². The topological polar surface area (TPSA) is 88.2 Å². The van der Waals surface area contributed by atoms with E-state index in [1.54, 1.807) is 61.5 Å². The van der Waals surface area contributed by atoms with Gasteiger partial charge >= 0.3 is 0 Å². The highest BCUT2D eigenvalue weighted by atomic mass is 16.5. The number of nitrogens with zero attached hydrogens (tertiary/aromatic N) is 2. The number of ether oxygens (including phenoxy) is 2. The maximum atomic E-state index is 13.5. The summed E-state index contributed by atoms with van der Waals surface area (Å²) in [5.41, 5.74) is 1.37. The third-order valence-electron chi connectivity index (χ3n) is 6.95. The summed E-state index contributed by atoms with van der Waals surface area (Å²) in [7, 11) is 3.36. The van der Waals surface area contributed by atoms with Crippen LogP contribution in [0.3, 0.4) is 0 Å². The van der Waals surface area contributed by atoms with Gasteiger partial charge in [0.15, 0.2) is 0 Å². The molecule has 0 radical (unpaired) electrons. The van der Waals surface area contributed by atoms with E-state index < -0.39 is 0 Å². The second kappa shape index (κ2) is 11.1. The van der Waals surface area contributed by atoms with Crippen LogP contribution in [-0.2, 0) is 9.53 Å². The van der Waals surface area contributed by atoms with Crippen LogP contribution in [0.2, 0.25) is 0 Å². The van der Waals surface area contributed by atoms with Crippen molar-refractivity contribution >= 4 is 23.4 Å². The number of anilines is 1. The Morgan fingerprint density at radius 2 is 1.78 bits per heavy atom. The van der Waals surface area contributed by atoms with E-state index in [2.05, 4.69) is 5.32 Å². The van der Waals surface area contributed by atoms with E-state index in [0.29, 0.717) is 35.7 Å². The zero-order valence-electron chi connectivity index (χ0n) is 21.4. The van der Waals surface area contributed by atoms with Crippen molar-refractivity contribution < 1.29 is 23.9 Å². The maximum absolute atomic E-state index is 13.5. The summed E-state index contributed by atoms with van der Waals surface area (Å²) in [6, 6.07) is 13.8. The summed E-state index contributed by atoms with van der Waals surface area (Å²) in [5.74, 6) is 0.203. The fourth-order valence-corrected chi connectivity index (χ4v) is 4.52. The van der Waals surface area contributed by atoms with E-state index in [0.717, 1.165) is 12.8 Å². The minimum absolute atomic E-state index is 0.0193. The molecule has 3 amide bonds. The number of carbonyl (C=O) groups excluding carboxylic acids is 3. The molecule has 3 atom stereocenters. The molecular formula is C28H35N3O5. The minimum Gasteiger partial charge on any atom is -0.491 e. The van der Waals surface area contributed by atoms with Crippen LogP contribution >= 0.6 is 0 Å². The van der Waals surface area contributed by atoms with Crippen molar-refractivity contribution in [1.82, 2.24) is 9.80 Å². The van der Waals surface area contributed by atoms with Crippen molar-refractivity contribution in [3.8, 4) is 5.75 Å². The Balaban J connectivity index is 1.63. The van der Waals surface area contributed by atoms with Crippen molar-refractivity contribution in [1.29, 1.82) is 0 Å². The minimum atomic E-state index is -0.262. The average molecular weight is 494 g/mol. The van der Waals surface area contributed by atoms with Crippen molar-refractivity contribution in [3.05, 3.63) is 59.7 Å². The average Bonchev–Trinajstić information content (AvgIpc) is 3.74. The van der Waals surface area contributed by atoms with Gasteiger partial charge in [-0.3, -0.25) is 14.4 Å². The fourth-order valence-electron chi connectivity index (χ4n) is 4.52. The standard InChI is InChI=1S/C28H35N3O5/c1-18-15-31(27(33)21-10-11-21)19(2)17-36-24-13-12-22(29-26(32)20-8-6-5-7-9-20)14-23(24)28(34)30(3)16-25(18)35-4/h5-9,12-14,18-19,21,25H,10-11,15-17H2,1-4H3,(H,29,32)/t18-,19+,25+/m1/s1. The molecule has 1 aliphatic heterocycles. The van der Waals surface area contributed by atoms with E-state index in [4.69, 9.17) is 9.47 Å². The molecule has 1 heterocycles. The van der Waals surface area contributed by atoms with E-state index in [-0.39, 0.29) is 48.3 Å². The molecule has 2 aromatic rings. The maximum Gasteiger partial charge on any atom is 0.257 e. The number of hydrogen-bond acceptors (Lipinski definition) is 5. The zero-order chi connectivity index (χ0) is 25.8. The molecule has 8 heteroatoms. The van der Waals surface area contributed by atoms with Gasteiger partial charge in [0.05, 0.1) is 17.7 Å². The van der Waals surface area contributed by atoms with Gasteiger partial charge in [-0.1, -0.05) is 25.1 Å². The molecule has 1 N–H and O–H groups in total. The summed E-state index contributed by atoms with van der Waals surface area (Å²) in [6.45, 7) is 5.17. The first-order valence-electron chi connectivity index (χ1n) is 12.5. The lowest BCUT2D eigenvalue weighted by Crippen LogP contribution is -2.49. The molecule has 0 saturated heterocycles. The number of carbonyl (C=O) groups is 3. The van der Waals surface area contributed by atoms with Crippen LogP contribution in [0.15, 0.2) is 48.5 Å². The molecule has 1 aliphatic carbocycles. The Morgan fingerprint density at radius 1 is 1.06 bits per heavy atom. The fraction of sp³-hybridized carbons (Fsp3) is 0.464. The van der Waals surface area contributed by atoms with Gasteiger partial charge in [-0.25, -0.2) is 0 Å². The normalized spacial score (nSPS) is 23.1. The molecule has 1 fully saturated rings. The second-order valence-corrected chi connectivity index (χ2v) is 9.89. The number of amides is 3. The van der Waals surface area contributed by atoms with Crippen molar-refractivity contribution in [2.24, 2.45) is 11.8 Å². The Morgan fingerprint density at radius 3 is 2.44 bits per heavy atom. The van der Waals surface area contributed by atoms with E-state index in [1.807, 2.05) is 24.8 Å². The highest BCUT2D eigenvalue weighted by molar-refractivity contribution is 6.05. The first-order chi connectivity index (χ1) is 17.3. The third-order valence-corrected chi connectivity index (χ3v) is 6.95. The lowest BCUT2D eigenvalue weighted by atomic mass is 10.0. The lowest BCUT2D eigenvalue weighted by molar-refractivity contribution is -0.136. The summed E-state index contributed by atoms with van der Waals surface area (Å²) >= 11 is 0. The first-order valence-corrected chi connectivity index (χ1v) is 12.5. The van der Waals surface area contributed by atoms with Gasteiger partial charge in [0.2, 0.25) is 5.91 Å². The highest BCUT2D eigenvalue weighted by Crippen LogP contribution is 2.33. The summed E-state index contributed by atoms with van der Waals surface area (Å²) in [5, 5.41) is 2.86. The highest BCUT2D eigenvalue weighted by Gasteiger charge is 2.37. The van der Waals surface area contributed by atoms with Crippen molar-refractivity contribution in [2.75, 3.05) is 39.2 Å². The van der Waals surface area contributed by atoms with Gasteiger partial charge < -0.3 is 24.6 Å². The molecular weight excluding hydrogens is 458 g/mol. The molecule has 0 bridgehead atoms. The quantitative estimate of drug-likeness (QED) is 0.702. The molecule has 2 aliphatic rings. The number of likely N-dealkylation sites (N-methyl/N-ethyl adjacent to an activating group) is 1. The molecule has 4 rings (SSSR count). The number of methoxy groups -OCH3 is 1. The van der Waals surface area contributed by atoms with Gasteiger partial charge in [0.25, 0.3) is 11.8 Å². The molecule has 0 aromatic heterocycles. The zero-order valence-corrected chi connectivity index (χ0v) is 21.4. The predicted octanol–water partition coefficient (Wildman–Crippen LogP) is 3.68. The largest absolute Gasteiger partial charge is 0.491 e. The van der Waals surface area contributed by atoms with Crippen LogP contribution in [0.5, 0.6) is 5.75 Å². The monoisotopic (exact) mass is 493 g/mol. The Labute approximate surface area is 212 Å². The van der Waals surface area contributed by atoms with E-state index >= 15 is 0 Å². The van der Waals surface area contributed by atoms with Crippen LogP contribution in [0.1, 0.15) is 47.4 Å².